The summed E-state index contributed by atoms with van der Waals surface area (Å²) in [6.07, 6.45) is 0.402. The lowest BCUT2D eigenvalue weighted by Crippen LogP contribution is -2.49. The molecule has 4 aromatic rings. The average molecular weight is 664 g/mol. The van der Waals surface area contributed by atoms with Crippen LogP contribution in [0.15, 0.2) is 84.2 Å². The monoisotopic (exact) mass is 663 g/mol. The van der Waals surface area contributed by atoms with E-state index in [0.29, 0.717) is 6.42 Å². The third-order valence-electron chi connectivity index (χ3n) is 7.67. The van der Waals surface area contributed by atoms with Crippen molar-refractivity contribution in [3.05, 3.63) is 117 Å². The van der Waals surface area contributed by atoms with Gasteiger partial charge in [0, 0.05) is 35.8 Å². The number of aliphatic hydroxyl groups excluding tert-OH is 1. The summed E-state index contributed by atoms with van der Waals surface area (Å²) in [4.78, 5) is 31.7. The lowest BCUT2D eigenvalue weighted by Gasteiger charge is -2.26. The highest BCUT2D eigenvalue weighted by Crippen LogP contribution is 2.23. The van der Waals surface area contributed by atoms with Crippen LogP contribution in [0, 0.1) is 6.92 Å². The summed E-state index contributed by atoms with van der Waals surface area (Å²) in [5, 5.41) is 23.4. The fourth-order valence-electron chi connectivity index (χ4n) is 4.85. The van der Waals surface area contributed by atoms with Crippen molar-refractivity contribution >= 4 is 38.9 Å². The van der Waals surface area contributed by atoms with Gasteiger partial charge in [0.25, 0.3) is 11.8 Å². The second-order valence-electron chi connectivity index (χ2n) is 11.4. The number of aliphatic hydroxyl groups is 1. The molecule has 0 radical (unpaired) electrons. The van der Waals surface area contributed by atoms with Crippen LogP contribution in [0.1, 0.15) is 68.5 Å². The first-order chi connectivity index (χ1) is 21.8. The van der Waals surface area contributed by atoms with Crippen LogP contribution < -0.4 is 20.3 Å². The number of benzene rings is 3. The lowest BCUT2D eigenvalue weighted by molar-refractivity contribution is 0.0825. The minimum atomic E-state index is -3.70. The highest BCUT2D eigenvalue weighted by atomic mass is 32.2. The van der Waals surface area contributed by atoms with E-state index < -0.39 is 34.0 Å². The third kappa shape index (κ3) is 9.46. The molecule has 4 N–H and O–H groups in total. The summed E-state index contributed by atoms with van der Waals surface area (Å²) < 4.78 is 25.9. The Bertz CT molecular complexity index is 1730. The second kappa shape index (κ2) is 15.5. The van der Waals surface area contributed by atoms with E-state index in [-0.39, 0.29) is 35.4 Å². The zero-order chi connectivity index (χ0) is 33.4. The van der Waals surface area contributed by atoms with E-state index in [2.05, 4.69) is 20.9 Å². The molecule has 46 heavy (non-hydrogen) atoms. The van der Waals surface area contributed by atoms with Gasteiger partial charge >= 0.3 is 0 Å². The van der Waals surface area contributed by atoms with Crippen molar-refractivity contribution in [3.8, 4) is 0 Å². The summed E-state index contributed by atoms with van der Waals surface area (Å²) in [7, 11) is -2.34. The fourth-order valence-corrected chi connectivity index (χ4v) is 6.17. The standard InChI is InChI=1S/C34H41N5O5S2/c1-22-21-45-34(36-22)24(3)35-20-31(40)30(16-25-12-8-6-9-13-25)38-33(42)28-17-27(18-29(19-28)39(4)46(5,43)44)32(41)37-23(2)26-14-10-7-11-15-26/h6-15,17-19,21,23-24,30-31,35,40H,16,20H2,1-5H3,(H,37,41)(H,38,42)/t23-,24+,30+,31-/m1/s1. The SMILES string of the molecule is Cc1csc([C@H](C)NC[C@@H](O)[C@H](Cc2ccccc2)NC(=O)c2cc(C(=O)N[C@H](C)c3ccccc3)cc(N(C)S(C)(=O)=O)c2)n1. The highest BCUT2D eigenvalue weighted by molar-refractivity contribution is 7.92. The summed E-state index contributed by atoms with van der Waals surface area (Å²) in [6, 6.07) is 22.0. The molecule has 0 aliphatic rings. The summed E-state index contributed by atoms with van der Waals surface area (Å²) in [5.74, 6) is -1.02. The number of hydrogen-bond donors (Lipinski definition) is 4. The molecule has 3 aromatic carbocycles. The first-order valence-electron chi connectivity index (χ1n) is 14.9. The minimum absolute atomic E-state index is 0.0790. The Kier molecular flexibility index (Phi) is 11.7. The van der Waals surface area contributed by atoms with Gasteiger partial charge in [0.15, 0.2) is 0 Å². The molecule has 1 heterocycles. The first-order valence-corrected chi connectivity index (χ1v) is 17.7. The number of aryl methyl sites for hydroxylation is 1. The van der Waals surface area contributed by atoms with Gasteiger partial charge < -0.3 is 21.1 Å². The Morgan fingerprint density at radius 3 is 2.07 bits per heavy atom. The van der Waals surface area contributed by atoms with E-state index in [4.69, 9.17) is 0 Å². The Hall–Kier alpha value is -4.10. The van der Waals surface area contributed by atoms with Crippen molar-refractivity contribution in [2.24, 2.45) is 0 Å². The lowest BCUT2D eigenvalue weighted by atomic mass is 9.99. The summed E-state index contributed by atoms with van der Waals surface area (Å²) in [5.41, 5.74) is 3.09. The Balaban J connectivity index is 1.60. The molecular weight excluding hydrogens is 623 g/mol. The number of amides is 2. The van der Waals surface area contributed by atoms with Gasteiger partial charge in [-0.25, -0.2) is 13.4 Å². The maximum Gasteiger partial charge on any atom is 0.251 e. The van der Waals surface area contributed by atoms with Crippen molar-refractivity contribution in [1.82, 2.24) is 20.9 Å². The predicted molar refractivity (Wildman–Crippen MR) is 183 cm³/mol. The van der Waals surface area contributed by atoms with E-state index >= 15 is 0 Å². The smallest absolute Gasteiger partial charge is 0.251 e. The van der Waals surface area contributed by atoms with Gasteiger partial charge in [-0.15, -0.1) is 11.3 Å². The fraction of sp³-hybridized carbons (Fsp3) is 0.324. The molecule has 0 saturated carbocycles. The molecule has 0 fully saturated rings. The van der Waals surface area contributed by atoms with Crippen LogP contribution >= 0.6 is 11.3 Å². The van der Waals surface area contributed by atoms with Crippen molar-refractivity contribution in [3.63, 3.8) is 0 Å². The molecule has 0 unspecified atom stereocenters. The number of aromatic nitrogens is 1. The average Bonchev–Trinajstić information content (AvgIpc) is 3.49. The Morgan fingerprint density at radius 1 is 0.913 bits per heavy atom. The van der Waals surface area contributed by atoms with Gasteiger partial charge in [0.2, 0.25) is 10.0 Å². The van der Waals surface area contributed by atoms with Crippen molar-refractivity contribution in [2.75, 3.05) is 24.2 Å². The number of anilines is 1. The molecule has 1 aromatic heterocycles. The Morgan fingerprint density at radius 2 is 1.50 bits per heavy atom. The van der Waals surface area contributed by atoms with Crippen LogP contribution in [0.25, 0.3) is 0 Å². The molecule has 4 atom stereocenters. The topological polar surface area (TPSA) is 141 Å². The quantitative estimate of drug-likeness (QED) is 0.157. The summed E-state index contributed by atoms with van der Waals surface area (Å²) in [6.45, 7) is 5.91. The number of sulfonamides is 1. The van der Waals surface area contributed by atoms with E-state index in [1.165, 1.54) is 36.6 Å². The number of nitrogens with zero attached hydrogens (tertiary/aromatic N) is 2. The van der Waals surface area contributed by atoms with Crippen LogP contribution in [0.2, 0.25) is 0 Å². The van der Waals surface area contributed by atoms with Crippen LogP contribution in [0.5, 0.6) is 0 Å². The molecule has 10 nitrogen and oxygen atoms in total. The molecule has 12 heteroatoms. The van der Waals surface area contributed by atoms with Gasteiger partial charge in [-0.2, -0.15) is 0 Å². The molecule has 2 amide bonds. The first kappa shape index (κ1) is 34.8. The van der Waals surface area contributed by atoms with E-state index in [0.717, 1.165) is 32.4 Å². The zero-order valence-electron chi connectivity index (χ0n) is 26.6. The maximum absolute atomic E-state index is 13.8. The van der Waals surface area contributed by atoms with E-state index in [1.807, 2.05) is 86.8 Å². The van der Waals surface area contributed by atoms with Crippen LogP contribution in [-0.2, 0) is 16.4 Å². The number of carbonyl (C=O) groups excluding carboxylic acids is 2. The number of hydrogen-bond acceptors (Lipinski definition) is 8. The molecule has 0 aliphatic heterocycles. The largest absolute Gasteiger partial charge is 0.390 e. The highest BCUT2D eigenvalue weighted by Gasteiger charge is 2.26. The Labute approximate surface area is 274 Å². The second-order valence-corrected chi connectivity index (χ2v) is 14.3. The number of carbonyl (C=O) groups is 2. The molecule has 0 spiro atoms. The molecule has 0 aliphatic carbocycles. The zero-order valence-corrected chi connectivity index (χ0v) is 28.2. The van der Waals surface area contributed by atoms with E-state index in [1.54, 1.807) is 0 Å². The molecule has 0 saturated heterocycles. The predicted octanol–water partition coefficient (Wildman–Crippen LogP) is 4.39. The van der Waals surface area contributed by atoms with Gasteiger partial charge in [-0.1, -0.05) is 60.7 Å². The maximum atomic E-state index is 13.8. The molecule has 4 rings (SSSR count). The van der Waals surface area contributed by atoms with Gasteiger partial charge in [-0.3, -0.25) is 13.9 Å². The molecule has 0 bridgehead atoms. The van der Waals surface area contributed by atoms with Gasteiger partial charge in [0.05, 0.1) is 36.2 Å². The number of thiazole rings is 1. The normalized spacial score (nSPS) is 14.1. The molecular formula is C34H41N5O5S2. The number of nitrogens with one attached hydrogen (secondary N) is 3. The molecule has 244 valence electrons. The summed E-state index contributed by atoms with van der Waals surface area (Å²) >= 11 is 1.53. The van der Waals surface area contributed by atoms with Crippen LogP contribution in [0.4, 0.5) is 5.69 Å². The van der Waals surface area contributed by atoms with Crippen LogP contribution in [-0.4, -0.2) is 62.3 Å². The van der Waals surface area contributed by atoms with Crippen molar-refractivity contribution in [2.45, 2.75) is 51.4 Å². The third-order valence-corrected chi connectivity index (χ3v) is 10.0. The van der Waals surface area contributed by atoms with Gasteiger partial charge in [0.1, 0.15) is 5.01 Å². The van der Waals surface area contributed by atoms with Gasteiger partial charge in [-0.05, 0) is 56.5 Å². The van der Waals surface area contributed by atoms with Crippen molar-refractivity contribution < 1.29 is 23.1 Å². The van der Waals surface area contributed by atoms with Crippen molar-refractivity contribution in [1.29, 1.82) is 0 Å². The van der Waals surface area contributed by atoms with E-state index in [9.17, 15) is 23.1 Å². The van der Waals surface area contributed by atoms with Crippen LogP contribution in [0.3, 0.4) is 0 Å². The minimum Gasteiger partial charge on any atom is -0.390 e. The number of rotatable bonds is 14.